The van der Waals surface area contributed by atoms with Crippen LogP contribution in [0.5, 0.6) is 0 Å². The van der Waals surface area contributed by atoms with Crippen LogP contribution in [-0.2, 0) is 9.47 Å². The summed E-state index contributed by atoms with van der Waals surface area (Å²) < 4.78 is 10.3. The molecule has 0 unspecified atom stereocenters. The second-order valence-electron chi connectivity index (χ2n) is 5.37. The monoisotopic (exact) mass is 282 g/mol. The molecule has 20 heavy (non-hydrogen) atoms. The fourth-order valence-electron chi connectivity index (χ4n) is 2.20. The third-order valence-corrected chi connectivity index (χ3v) is 3.55. The highest BCUT2D eigenvalue weighted by Crippen LogP contribution is 2.08. The summed E-state index contributed by atoms with van der Waals surface area (Å²) in [4.78, 5) is 0. The molecule has 0 aromatic carbocycles. The molecule has 0 bridgehead atoms. The molecular weight excluding hydrogens is 248 g/mol. The normalized spacial score (nSPS) is 10.6. The number of hydrogen-bond donors (Lipinski definition) is 0. The number of unbranched alkanes of at least 4 members (excludes halogenated alkanes) is 9. The van der Waals surface area contributed by atoms with E-state index in [0.717, 1.165) is 25.7 Å². The van der Waals surface area contributed by atoms with Gasteiger partial charge < -0.3 is 9.47 Å². The van der Waals surface area contributed by atoms with Gasteiger partial charge in [-0.3, -0.25) is 0 Å². The Bertz CT molecular complexity index is 236. The Kier molecular flexibility index (Phi) is 16.1. The van der Waals surface area contributed by atoms with Crippen molar-refractivity contribution in [1.29, 1.82) is 0 Å². The van der Waals surface area contributed by atoms with Crippen LogP contribution in [0.1, 0.15) is 84.0 Å². The number of ether oxygens (including phenoxy) is 2. The summed E-state index contributed by atoms with van der Waals surface area (Å²) in [5.41, 5.74) is 0. The molecule has 0 aliphatic heterocycles. The zero-order valence-electron chi connectivity index (χ0n) is 13.9. The summed E-state index contributed by atoms with van der Waals surface area (Å²) in [6.45, 7) is 2.26. The highest BCUT2D eigenvalue weighted by Gasteiger charge is 2.02. The van der Waals surface area contributed by atoms with E-state index in [1.54, 1.807) is 14.2 Å². The molecule has 0 aromatic heterocycles. The molecule has 0 fully saturated rings. The van der Waals surface area contributed by atoms with E-state index in [1.165, 1.54) is 51.4 Å². The van der Waals surface area contributed by atoms with E-state index < -0.39 is 0 Å². The van der Waals surface area contributed by atoms with Gasteiger partial charge in [0.2, 0.25) is 0 Å². The molecule has 0 aliphatic carbocycles. The predicted octanol–water partition coefficient (Wildman–Crippen LogP) is 5.31. The maximum atomic E-state index is 5.16. The summed E-state index contributed by atoms with van der Waals surface area (Å²) in [6, 6.07) is 0. The molecule has 0 aliphatic rings. The Morgan fingerprint density at radius 3 is 1.75 bits per heavy atom. The standard InChI is InChI=1S/C18H34O2/c1-4-5-6-7-8-9-10-11-12-13-14-15-16-17-18(19-2)20-3/h18H,4-10,13-17H2,1-3H3. The highest BCUT2D eigenvalue weighted by atomic mass is 16.7. The molecule has 0 aromatic rings. The van der Waals surface area contributed by atoms with Gasteiger partial charge in [0.05, 0.1) is 0 Å². The Balaban J connectivity index is 3.21. The van der Waals surface area contributed by atoms with Crippen LogP contribution in [0.2, 0.25) is 0 Å². The van der Waals surface area contributed by atoms with E-state index in [1.807, 2.05) is 0 Å². The molecule has 118 valence electrons. The van der Waals surface area contributed by atoms with E-state index in [0.29, 0.717) is 0 Å². The third kappa shape index (κ3) is 13.9. The van der Waals surface area contributed by atoms with Gasteiger partial charge in [0.1, 0.15) is 0 Å². The van der Waals surface area contributed by atoms with Crippen molar-refractivity contribution in [2.75, 3.05) is 14.2 Å². The van der Waals surface area contributed by atoms with Gasteiger partial charge in [-0.1, -0.05) is 45.4 Å². The van der Waals surface area contributed by atoms with Gasteiger partial charge in [-0.15, -0.1) is 11.8 Å². The van der Waals surface area contributed by atoms with E-state index in [4.69, 9.17) is 9.47 Å². The van der Waals surface area contributed by atoms with Crippen molar-refractivity contribution in [3.63, 3.8) is 0 Å². The third-order valence-electron chi connectivity index (χ3n) is 3.55. The second kappa shape index (κ2) is 16.5. The van der Waals surface area contributed by atoms with Gasteiger partial charge >= 0.3 is 0 Å². The zero-order valence-corrected chi connectivity index (χ0v) is 13.9. The van der Waals surface area contributed by atoms with Gasteiger partial charge in [-0.25, -0.2) is 0 Å². The van der Waals surface area contributed by atoms with Gasteiger partial charge in [-0.2, -0.15) is 0 Å². The summed E-state index contributed by atoms with van der Waals surface area (Å²) in [6.07, 6.45) is 14.8. The molecule has 0 amide bonds. The minimum Gasteiger partial charge on any atom is -0.356 e. The first-order valence-electron chi connectivity index (χ1n) is 8.36. The smallest absolute Gasteiger partial charge is 0.156 e. The van der Waals surface area contributed by atoms with Gasteiger partial charge in [0, 0.05) is 27.1 Å². The summed E-state index contributed by atoms with van der Waals surface area (Å²) in [5.74, 6) is 6.59. The second-order valence-corrected chi connectivity index (χ2v) is 5.37. The number of methoxy groups -OCH3 is 2. The lowest BCUT2D eigenvalue weighted by atomic mass is 10.1. The molecule has 0 spiro atoms. The molecule has 2 nitrogen and oxygen atoms in total. The summed E-state index contributed by atoms with van der Waals surface area (Å²) in [7, 11) is 3.39. The molecule has 0 heterocycles. The van der Waals surface area contributed by atoms with Gasteiger partial charge in [-0.05, 0) is 25.7 Å². The van der Waals surface area contributed by atoms with Crippen LogP contribution in [-0.4, -0.2) is 20.5 Å². The largest absolute Gasteiger partial charge is 0.356 e. The van der Waals surface area contributed by atoms with Crippen LogP contribution in [0.3, 0.4) is 0 Å². The molecular formula is C18H34O2. The summed E-state index contributed by atoms with van der Waals surface area (Å²) in [5, 5.41) is 0. The Morgan fingerprint density at radius 1 is 0.700 bits per heavy atom. The van der Waals surface area contributed by atoms with Crippen LogP contribution < -0.4 is 0 Å². The van der Waals surface area contributed by atoms with Crippen molar-refractivity contribution >= 4 is 0 Å². The minimum atomic E-state index is -0.0335. The lowest BCUT2D eigenvalue weighted by molar-refractivity contribution is -0.107. The van der Waals surface area contributed by atoms with Crippen molar-refractivity contribution in [3.8, 4) is 11.8 Å². The first-order valence-corrected chi connectivity index (χ1v) is 8.36. The molecule has 0 N–H and O–H groups in total. The molecule has 0 radical (unpaired) electrons. The van der Waals surface area contributed by atoms with Gasteiger partial charge in [0.15, 0.2) is 6.29 Å². The van der Waals surface area contributed by atoms with Crippen LogP contribution in [0, 0.1) is 11.8 Å². The molecule has 0 saturated carbocycles. The van der Waals surface area contributed by atoms with Crippen LogP contribution in [0.4, 0.5) is 0 Å². The molecule has 0 saturated heterocycles. The average Bonchev–Trinajstić information content (AvgIpc) is 2.48. The quantitative estimate of drug-likeness (QED) is 0.259. The Hall–Kier alpha value is -0.520. The van der Waals surface area contributed by atoms with E-state index in [-0.39, 0.29) is 6.29 Å². The van der Waals surface area contributed by atoms with Crippen LogP contribution >= 0.6 is 0 Å². The number of rotatable bonds is 13. The maximum Gasteiger partial charge on any atom is 0.156 e. The Labute approximate surface area is 126 Å². The number of hydrogen-bond acceptors (Lipinski definition) is 2. The van der Waals surface area contributed by atoms with Gasteiger partial charge in [0.25, 0.3) is 0 Å². The van der Waals surface area contributed by atoms with E-state index in [2.05, 4.69) is 18.8 Å². The topological polar surface area (TPSA) is 18.5 Å². The van der Waals surface area contributed by atoms with Crippen LogP contribution in [0.15, 0.2) is 0 Å². The Morgan fingerprint density at radius 2 is 1.20 bits per heavy atom. The molecule has 0 atom stereocenters. The lowest BCUT2D eigenvalue weighted by Crippen LogP contribution is -2.12. The average molecular weight is 282 g/mol. The zero-order chi connectivity index (χ0) is 14.9. The fourth-order valence-corrected chi connectivity index (χ4v) is 2.20. The first kappa shape index (κ1) is 19.5. The van der Waals surface area contributed by atoms with Crippen molar-refractivity contribution in [1.82, 2.24) is 0 Å². The van der Waals surface area contributed by atoms with Crippen molar-refractivity contribution < 1.29 is 9.47 Å². The molecule has 2 heteroatoms. The van der Waals surface area contributed by atoms with Crippen molar-refractivity contribution in [2.45, 2.75) is 90.3 Å². The SMILES string of the molecule is CCCCCCCCC#CCCCCCC(OC)OC. The predicted molar refractivity (Wildman–Crippen MR) is 86.7 cm³/mol. The van der Waals surface area contributed by atoms with E-state index >= 15 is 0 Å². The van der Waals surface area contributed by atoms with Crippen molar-refractivity contribution in [2.24, 2.45) is 0 Å². The highest BCUT2D eigenvalue weighted by molar-refractivity contribution is 4.98. The fraction of sp³-hybridized carbons (Fsp3) is 0.889. The minimum absolute atomic E-state index is 0.0335. The lowest BCUT2D eigenvalue weighted by Gasteiger charge is -2.12. The van der Waals surface area contributed by atoms with Crippen molar-refractivity contribution in [3.05, 3.63) is 0 Å². The van der Waals surface area contributed by atoms with Crippen LogP contribution in [0.25, 0.3) is 0 Å². The summed E-state index contributed by atoms with van der Waals surface area (Å²) >= 11 is 0. The maximum absolute atomic E-state index is 5.16. The molecule has 0 rings (SSSR count). The van der Waals surface area contributed by atoms with E-state index in [9.17, 15) is 0 Å². The first-order chi connectivity index (χ1) is 9.85.